The molecule has 1 aliphatic rings. The van der Waals surface area contributed by atoms with Crippen LogP contribution >= 0.6 is 11.6 Å². The Labute approximate surface area is 183 Å². The van der Waals surface area contributed by atoms with E-state index in [2.05, 4.69) is 5.32 Å². The number of hydrogen-bond acceptors (Lipinski definition) is 3. The summed E-state index contributed by atoms with van der Waals surface area (Å²) in [5, 5.41) is 3.56. The standard InChI is InChI=1S/C24H29ClN2O3/c1-3-22(30-18-12-13-20(25)17(2)16-18)23(28)26-21-11-7-6-10-19(21)24(29)27-14-8-4-5-9-15-27/h6-7,10-13,16,22H,3-5,8-9,14-15H2,1-2H3,(H,26,28)/t22-/m1/s1. The van der Waals surface area contributed by atoms with Crippen LogP contribution in [0.5, 0.6) is 5.75 Å². The number of para-hydroxylation sites is 1. The number of anilines is 1. The molecule has 0 aliphatic carbocycles. The van der Waals surface area contributed by atoms with Crippen molar-refractivity contribution in [1.82, 2.24) is 4.90 Å². The minimum absolute atomic E-state index is 0.0323. The van der Waals surface area contributed by atoms with E-state index >= 15 is 0 Å². The second-order valence-corrected chi connectivity index (χ2v) is 8.07. The third-order valence-electron chi connectivity index (χ3n) is 5.38. The van der Waals surface area contributed by atoms with E-state index in [1.54, 1.807) is 24.3 Å². The van der Waals surface area contributed by atoms with Gasteiger partial charge in [0.1, 0.15) is 5.75 Å². The molecule has 1 fully saturated rings. The molecule has 3 rings (SSSR count). The summed E-state index contributed by atoms with van der Waals surface area (Å²) in [5.41, 5.74) is 1.92. The molecule has 1 aliphatic heterocycles. The zero-order valence-corrected chi connectivity index (χ0v) is 18.4. The smallest absolute Gasteiger partial charge is 0.265 e. The molecule has 5 nitrogen and oxygen atoms in total. The quantitative estimate of drug-likeness (QED) is 0.664. The zero-order chi connectivity index (χ0) is 21.5. The van der Waals surface area contributed by atoms with Gasteiger partial charge < -0.3 is 15.0 Å². The Balaban J connectivity index is 1.73. The van der Waals surface area contributed by atoms with Crippen molar-refractivity contribution < 1.29 is 14.3 Å². The van der Waals surface area contributed by atoms with E-state index in [1.807, 2.05) is 36.9 Å². The summed E-state index contributed by atoms with van der Waals surface area (Å²) in [6.45, 7) is 5.30. The monoisotopic (exact) mass is 428 g/mol. The lowest BCUT2D eigenvalue weighted by atomic mass is 10.1. The lowest BCUT2D eigenvalue weighted by Crippen LogP contribution is -2.35. The van der Waals surface area contributed by atoms with E-state index < -0.39 is 6.10 Å². The Morgan fingerprint density at radius 3 is 2.47 bits per heavy atom. The number of halogens is 1. The number of nitrogens with one attached hydrogen (secondary N) is 1. The molecule has 1 saturated heterocycles. The predicted octanol–water partition coefficient (Wildman–Crippen LogP) is 5.46. The minimum Gasteiger partial charge on any atom is -0.481 e. The first-order valence-corrected chi connectivity index (χ1v) is 11.0. The normalized spacial score (nSPS) is 15.2. The van der Waals surface area contributed by atoms with Gasteiger partial charge in [0.05, 0.1) is 11.3 Å². The molecule has 0 aromatic heterocycles. The average Bonchev–Trinajstić information content (AvgIpc) is 3.04. The molecule has 0 spiro atoms. The predicted molar refractivity (Wildman–Crippen MR) is 120 cm³/mol. The lowest BCUT2D eigenvalue weighted by Gasteiger charge is -2.23. The van der Waals surface area contributed by atoms with Crippen LogP contribution in [0.25, 0.3) is 0 Å². The SMILES string of the molecule is CC[C@@H](Oc1ccc(Cl)c(C)c1)C(=O)Nc1ccccc1C(=O)N1CCCCCC1. The van der Waals surface area contributed by atoms with E-state index in [0.717, 1.165) is 44.3 Å². The van der Waals surface area contributed by atoms with Gasteiger partial charge in [-0.15, -0.1) is 0 Å². The molecule has 160 valence electrons. The van der Waals surface area contributed by atoms with Crippen LogP contribution in [0.3, 0.4) is 0 Å². The molecule has 2 aromatic carbocycles. The van der Waals surface area contributed by atoms with Gasteiger partial charge in [-0.05, 0) is 62.1 Å². The highest BCUT2D eigenvalue weighted by Gasteiger charge is 2.23. The maximum Gasteiger partial charge on any atom is 0.265 e. The Hall–Kier alpha value is -2.53. The molecule has 0 bridgehead atoms. The molecular formula is C24H29ClN2O3. The van der Waals surface area contributed by atoms with Gasteiger partial charge in [-0.25, -0.2) is 0 Å². The molecular weight excluding hydrogens is 400 g/mol. The van der Waals surface area contributed by atoms with Crippen molar-refractivity contribution in [2.75, 3.05) is 18.4 Å². The maximum absolute atomic E-state index is 13.1. The van der Waals surface area contributed by atoms with Crippen molar-refractivity contribution in [2.45, 2.75) is 52.1 Å². The second-order valence-electron chi connectivity index (χ2n) is 7.67. The van der Waals surface area contributed by atoms with Crippen LogP contribution in [0.15, 0.2) is 42.5 Å². The van der Waals surface area contributed by atoms with Crippen molar-refractivity contribution in [1.29, 1.82) is 0 Å². The van der Waals surface area contributed by atoms with Gasteiger partial charge in [0.15, 0.2) is 6.10 Å². The first-order valence-electron chi connectivity index (χ1n) is 10.6. The van der Waals surface area contributed by atoms with Gasteiger partial charge >= 0.3 is 0 Å². The summed E-state index contributed by atoms with van der Waals surface area (Å²) < 4.78 is 5.90. The van der Waals surface area contributed by atoms with Crippen LogP contribution in [0.1, 0.15) is 54.9 Å². The van der Waals surface area contributed by atoms with E-state index in [0.29, 0.717) is 28.4 Å². The van der Waals surface area contributed by atoms with E-state index in [1.165, 1.54) is 0 Å². The van der Waals surface area contributed by atoms with Gasteiger partial charge in [-0.3, -0.25) is 9.59 Å². The Bertz CT molecular complexity index is 892. The molecule has 30 heavy (non-hydrogen) atoms. The van der Waals surface area contributed by atoms with E-state index in [9.17, 15) is 9.59 Å². The Kier molecular flexibility index (Phi) is 7.75. The molecule has 6 heteroatoms. The number of aryl methyl sites for hydroxylation is 1. The maximum atomic E-state index is 13.1. The molecule has 1 N–H and O–H groups in total. The average molecular weight is 429 g/mol. The number of amides is 2. The summed E-state index contributed by atoms with van der Waals surface area (Å²) in [5.74, 6) is 0.282. The van der Waals surface area contributed by atoms with Crippen molar-refractivity contribution in [3.63, 3.8) is 0 Å². The first kappa shape index (κ1) is 22.2. The fourth-order valence-corrected chi connectivity index (χ4v) is 3.73. The topological polar surface area (TPSA) is 58.6 Å². The van der Waals surface area contributed by atoms with Crippen LogP contribution < -0.4 is 10.1 Å². The number of carbonyl (C=O) groups is 2. The molecule has 1 heterocycles. The summed E-state index contributed by atoms with van der Waals surface area (Å²) in [7, 11) is 0. The molecule has 2 amide bonds. The van der Waals surface area contributed by atoms with E-state index in [4.69, 9.17) is 16.3 Å². The number of carbonyl (C=O) groups excluding carboxylic acids is 2. The summed E-state index contributed by atoms with van der Waals surface area (Å²) in [6.07, 6.45) is 4.17. The fraction of sp³-hybridized carbons (Fsp3) is 0.417. The van der Waals surface area contributed by atoms with Crippen LogP contribution in [0, 0.1) is 6.92 Å². The number of ether oxygens (including phenoxy) is 1. The number of rotatable bonds is 6. The highest BCUT2D eigenvalue weighted by molar-refractivity contribution is 6.31. The molecule has 2 aromatic rings. The van der Waals surface area contributed by atoms with Crippen LogP contribution in [-0.4, -0.2) is 35.9 Å². The van der Waals surface area contributed by atoms with Crippen LogP contribution in [0.4, 0.5) is 5.69 Å². The van der Waals surface area contributed by atoms with Gasteiger partial charge in [0.25, 0.3) is 11.8 Å². The minimum atomic E-state index is -0.674. The highest BCUT2D eigenvalue weighted by atomic mass is 35.5. The molecule has 0 unspecified atom stereocenters. The van der Waals surface area contributed by atoms with Crippen molar-refractivity contribution in [3.05, 3.63) is 58.6 Å². The molecule has 0 saturated carbocycles. The van der Waals surface area contributed by atoms with Gasteiger partial charge in [0, 0.05) is 18.1 Å². The Morgan fingerprint density at radius 1 is 1.10 bits per heavy atom. The van der Waals surface area contributed by atoms with Gasteiger partial charge in [-0.2, -0.15) is 0 Å². The highest BCUT2D eigenvalue weighted by Crippen LogP contribution is 2.24. The van der Waals surface area contributed by atoms with Gasteiger partial charge in [-0.1, -0.05) is 43.5 Å². The third-order valence-corrected chi connectivity index (χ3v) is 5.80. The summed E-state index contributed by atoms with van der Waals surface area (Å²) in [6, 6.07) is 12.5. The van der Waals surface area contributed by atoms with Crippen molar-refractivity contribution in [2.24, 2.45) is 0 Å². The molecule has 0 radical (unpaired) electrons. The number of benzene rings is 2. The Morgan fingerprint density at radius 2 is 1.80 bits per heavy atom. The zero-order valence-electron chi connectivity index (χ0n) is 17.6. The van der Waals surface area contributed by atoms with Crippen molar-refractivity contribution >= 4 is 29.1 Å². The van der Waals surface area contributed by atoms with Crippen molar-refractivity contribution in [3.8, 4) is 5.75 Å². The first-order chi connectivity index (χ1) is 14.5. The third kappa shape index (κ3) is 5.54. The van der Waals surface area contributed by atoms with Crippen LogP contribution in [0.2, 0.25) is 5.02 Å². The number of likely N-dealkylation sites (tertiary alicyclic amines) is 1. The summed E-state index contributed by atoms with van der Waals surface area (Å²) in [4.78, 5) is 27.9. The molecule has 1 atom stereocenters. The number of nitrogens with zero attached hydrogens (tertiary/aromatic N) is 1. The summed E-state index contributed by atoms with van der Waals surface area (Å²) >= 11 is 6.07. The second kappa shape index (κ2) is 10.5. The van der Waals surface area contributed by atoms with Crippen LogP contribution in [-0.2, 0) is 4.79 Å². The largest absolute Gasteiger partial charge is 0.481 e. The fourth-order valence-electron chi connectivity index (χ4n) is 3.61. The lowest BCUT2D eigenvalue weighted by molar-refractivity contribution is -0.122. The van der Waals surface area contributed by atoms with E-state index in [-0.39, 0.29) is 11.8 Å². The van der Waals surface area contributed by atoms with Gasteiger partial charge in [0.2, 0.25) is 0 Å². The number of hydrogen-bond donors (Lipinski definition) is 1.